The van der Waals surface area contributed by atoms with E-state index in [0.29, 0.717) is 0 Å². The Morgan fingerprint density at radius 3 is 2.24 bits per heavy atom. The van der Waals surface area contributed by atoms with Gasteiger partial charge in [0.1, 0.15) is 0 Å². The van der Waals surface area contributed by atoms with Crippen LogP contribution in [0.2, 0.25) is 0 Å². The summed E-state index contributed by atoms with van der Waals surface area (Å²) in [5.41, 5.74) is 8.96. The zero-order chi connectivity index (χ0) is 16.2. The van der Waals surface area contributed by atoms with Gasteiger partial charge in [-0.05, 0) is 48.8 Å². The molecular formula is C16H31BrN4. The van der Waals surface area contributed by atoms with Gasteiger partial charge in [0.05, 0.1) is 15.9 Å². The van der Waals surface area contributed by atoms with Gasteiger partial charge < -0.3 is 5.73 Å². The topological polar surface area (TPSA) is 47.1 Å². The summed E-state index contributed by atoms with van der Waals surface area (Å²) in [5, 5.41) is 4.58. The average Bonchev–Trinajstić information content (AvgIpc) is 2.75. The molecular weight excluding hydrogens is 328 g/mol. The number of likely N-dealkylation sites (N-methyl/N-ethyl adjacent to an activating group) is 1. The molecule has 1 aromatic rings. The quantitative estimate of drug-likeness (QED) is 0.776. The molecule has 5 heteroatoms. The minimum atomic E-state index is 0.0135. The standard InChI is InChI=1S/C16H31BrN4/c1-7-12-15(17)13(20(6)19-12)11-14(18)16(5,8-2)21(9-3)10-4/h14H,7-11,18H2,1-6H3. The highest BCUT2D eigenvalue weighted by molar-refractivity contribution is 9.10. The number of aryl methyl sites for hydroxylation is 2. The molecule has 21 heavy (non-hydrogen) atoms. The molecule has 0 amide bonds. The first-order valence-electron chi connectivity index (χ1n) is 8.06. The van der Waals surface area contributed by atoms with Crippen molar-refractivity contribution in [2.24, 2.45) is 12.8 Å². The molecule has 2 N–H and O–H groups in total. The summed E-state index contributed by atoms with van der Waals surface area (Å²) in [6.07, 6.45) is 2.82. The van der Waals surface area contributed by atoms with Gasteiger partial charge in [-0.3, -0.25) is 9.58 Å². The lowest BCUT2D eigenvalue weighted by molar-refractivity contribution is 0.0838. The summed E-state index contributed by atoms with van der Waals surface area (Å²) in [6.45, 7) is 13.1. The smallest absolute Gasteiger partial charge is 0.0766 e. The fraction of sp³-hybridized carbons (Fsp3) is 0.812. The van der Waals surface area contributed by atoms with Gasteiger partial charge >= 0.3 is 0 Å². The number of rotatable bonds is 8. The van der Waals surface area contributed by atoms with Crippen molar-refractivity contribution in [2.75, 3.05) is 13.1 Å². The molecule has 0 aromatic carbocycles. The number of halogens is 1. The van der Waals surface area contributed by atoms with Crippen molar-refractivity contribution in [3.8, 4) is 0 Å². The first kappa shape index (κ1) is 18.7. The maximum absolute atomic E-state index is 6.63. The van der Waals surface area contributed by atoms with Crippen molar-refractivity contribution >= 4 is 15.9 Å². The summed E-state index contributed by atoms with van der Waals surface area (Å²) < 4.78 is 3.10. The van der Waals surface area contributed by atoms with Gasteiger partial charge in [0.2, 0.25) is 0 Å². The first-order chi connectivity index (χ1) is 9.85. The summed E-state index contributed by atoms with van der Waals surface area (Å²) in [5.74, 6) is 0. The van der Waals surface area contributed by atoms with E-state index < -0.39 is 0 Å². The molecule has 4 nitrogen and oxygen atoms in total. The zero-order valence-corrected chi connectivity index (χ0v) is 16.0. The van der Waals surface area contributed by atoms with Crippen molar-refractivity contribution in [1.82, 2.24) is 14.7 Å². The van der Waals surface area contributed by atoms with Crippen LogP contribution in [-0.2, 0) is 19.9 Å². The molecule has 0 saturated carbocycles. The van der Waals surface area contributed by atoms with Crippen LogP contribution in [0, 0.1) is 0 Å². The van der Waals surface area contributed by atoms with Gasteiger partial charge in [0.15, 0.2) is 0 Å². The van der Waals surface area contributed by atoms with E-state index in [1.807, 2.05) is 11.7 Å². The number of hydrogen-bond acceptors (Lipinski definition) is 3. The van der Waals surface area contributed by atoms with Crippen LogP contribution in [0.3, 0.4) is 0 Å². The molecule has 1 aromatic heterocycles. The highest BCUT2D eigenvalue weighted by atomic mass is 79.9. The van der Waals surface area contributed by atoms with Crippen LogP contribution in [0.25, 0.3) is 0 Å². The van der Waals surface area contributed by atoms with E-state index in [9.17, 15) is 0 Å². The van der Waals surface area contributed by atoms with Crippen molar-refractivity contribution in [1.29, 1.82) is 0 Å². The van der Waals surface area contributed by atoms with Gasteiger partial charge in [0, 0.05) is 25.0 Å². The Morgan fingerprint density at radius 1 is 1.29 bits per heavy atom. The fourth-order valence-electron chi connectivity index (χ4n) is 3.14. The third-order valence-electron chi connectivity index (χ3n) is 4.92. The SMILES string of the molecule is CCc1nn(C)c(CC(N)C(C)(CC)N(CC)CC)c1Br. The molecule has 0 spiro atoms. The molecule has 2 unspecified atom stereocenters. The number of nitrogens with two attached hydrogens (primary N) is 1. The van der Waals surface area contributed by atoms with Crippen LogP contribution in [-0.4, -0.2) is 39.4 Å². The Hall–Kier alpha value is -0.390. The van der Waals surface area contributed by atoms with E-state index in [4.69, 9.17) is 5.73 Å². The van der Waals surface area contributed by atoms with Crippen LogP contribution in [0.15, 0.2) is 4.47 Å². The van der Waals surface area contributed by atoms with Gasteiger partial charge in [-0.25, -0.2) is 0 Å². The third-order valence-corrected chi connectivity index (χ3v) is 5.83. The van der Waals surface area contributed by atoms with Crippen LogP contribution < -0.4 is 5.73 Å². The Kier molecular flexibility index (Phi) is 6.88. The third kappa shape index (κ3) is 3.69. The zero-order valence-electron chi connectivity index (χ0n) is 14.4. The minimum Gasteiger partial charge on any atom is -0.326 e. The number of hydrogen-bond donors (Lipinski definition) is 1. The molecule has 0 bridgehead atoms. The molecule has 0 saturated heterocycles. The van der Waals surface area contributed by atoms with Crippen molar-refractivity contribution in [3.05, 3.63) is 15.9 Å². The van der Waals surface area contributed by atoms with Crippen LogP contribution in [0.4, 0.5) is 0 Å². The van der Waals surface area contributed by atoms with E-state index >= 15 is 0 Å². The first-order valence-corrected chi connectivity index (χ1v) is 8.85. The Bertz CT molecular complexity index is 453. The molecule has 0 aliphatic carbocycles. The average molecular weight is 359 g/mol. The van der Waals surface area contributed by atoms with Crippen molar-refractivity contribution in [2.45, 2.75) is 65.5 Å². The van der Waals surface area contributed by atoms with Gasteiger partial charge in [-0.2, -0.15) is 5.10 Å². The van der Waals surface area contributed by atoms with Crippen LogP contribution in [0.5, 0.6) is 0 Å². The van der Waals surface area contributed by atoms with E-state index in [1.165, 1.54) is 5.69 Å². The minimum absolute atomic E-state index is 0.0135. The van der Waals surface area contributed by atoms with Crippen molar-refractivity contribution < 1.29 is 0 Å². The second-order valence-electron chi connectivity index (χ2n) is 5.88. The second kappa shape index (κ2) is 7.75. The van der Waals surface area contributed by atoms with E-state index in [0.717, 1.165) is 42.5 Å². The lowest BCUT2D eigenvalue weighted by atomic mass is 9.85. The van der Waals surface area contributed by atoms with E-state index in [2.05, 4.69) is 60.5 Å². The second-order valence-corrected chi connectivity index (χ2v) is 6.67. The molecule has 0 aliphatic heterocycles. The summed E-state index contributed by atoms with van der Waals surface area (Å²) in [6, 6.07) is 0.0822. The van der Waals surface area contributed by atoms with Gasteiger partial charge in [0.25, 0.3) is 0 Å². The number of aromatic nitrogens is 2. The Balaban J connectivity index is 3.03. The van der Waals surface area contributed by atoms with Crippen LogP contribution in [0.1, 0.15) is 52.4 Å². The molecule has 0 aliphatic rings. The highest BCUT2D eigenvalue weighted by Crippen LogP contribution is 2.28. The molecule has 2 atom stereocenters. The summed E-state index contributed by atoms with van der Waals surface area (Å²) in [4.78, 5) is 2.47. The van der Waals surface area contributed by atoms with Gasteiger partial charge in [-0.1, -0.05) is 27.7 Å². The lowest BCUT2D eigenvalue weighted by Crippen LogP contribution is -2.58. The number of nitrogens with zero attached hydrogens (tertiary/aromatic N) is 3. The molecule has 1 heterocycles. The molecule has 0 radical (unpaired) electrons. The van der Waals surface area contributed by atoms with Crippen LogP contribution >= 0.6 is 15.9 Å². The Labute approximate surface area is 138 Å². The molecule has 122 valence electrons. The summed E-state index contributed by atoms with van der Waals surface area (Å²) in [7, 11) is 2.01. The molecule has 0 fully saturated rings. The molecule has 1 rings (SSSR count). The largest absolute Gasteiger partial charge is 0.326 e. The highest BCUT2D eigenvalue weighted by Gasteiger charge is 2.35. The van der Waals surface area contributed by atoms with Gasteiger partial charge in [-0.15, -0.1) is 0 Å². The fourth-order valence-corrected chi connectivity index (χ4v) is 3.91. The summed E-state index contributed by atoms with van der Waals surface area (Å²) >= 11 is 3.70. The lowest BCUT2D eigenvalue weighted by Gasteiger charge is -2.44. The van der Waals surface area contributed by atoms with Crippen molar-refractivity contribution in [3.63, 3.8) is 0 Å². The van der Waals surface area contributed by atoms with E-state index in [-0.39, 0.29) is 11.6 Å². The maximum Gasteiger partial charge on any atom is 0.0766 e. The predicted octanol–water partition coefficient (Wildman–Crippen LogP) is 3.13. The Morgan fingerprint density at radius 2 is 1.86 bits per heavy atom. The monoisotopic (exact) mass is 358 g/mol. The predicted molar refractivity (Wildman–Crippen MR) is 93.6 cm³/mol. The maximum atomic E-state index is 6.63. The normalized spacial score (nSPS) is 16.2. The van der Waals surface area contributed by atoms with E-state index in [1.54, 1.807) is 0 Å².